The predicted molar refractivity (Wildman–Crippen MR) is 156 cm³/mol. The lowest BCUT2D eigenvalue weighted by Crippen LogP contribution is -2.68. The van der Waals surface area contributed by atoms with E-state index in [0.717, 1.165) is 30.4 Å². The van der Waals surface area contributed by atoms with Gasteiger partial charge in [-0.05, 0) is 92.4 Å². The number of hydrogen-bond donors (Lipinski definition) is 3. The summed E-state index contributed by atoms with van der Waals surface area (Å²) in [6.45, 7) is 2.88. The van der Waals surface area contributed by atoms with Crippen LogP contribution in [0.25, 0.3) is 0 Å². The molecule has 4 aliphatic carbocycles. The van der Waals surface area contributed by atoms with Gasteiger partial charge in [0.25, 0.3) is 0 Å². The van der Waals surface area contributed by atoms with E-state index in [9.17, 15) is 20.1 Å². The maximum absolute atomic E-state index is 12.6. The van der Waals surface area contributed by atoms with Gasteiger partial charge in [0, 0.05) is 29.5 Å². The molecule has 0 unspecified atom stereocenters. The molecule has 1 heterocycles. The molecule has 42 heavy (non-hydrogen) atoms. The lowest BCUT2D eigenvalue weighted by Gasteiger charge is -2.65. The van der Waals surface area contributed by atoms with Crippen LogP contribution >= 0.6 is 0 Å². The van der Waals surface area contributed by atoms with Gasteiger partial charge in [-0.25, -0.2) is 4.79 Å². The summed E-state index contributed by atoms with van der Waals surface area (Å²) >= 11 is 0. The standard InChI is InChI=1S/C33H45NO8/c1-30-9-6-24-25(33(30,38)12-8-23(30)21-15-28(36)42-18-21)7-11-32(37)16-22(35)5-10-31(24,32)19-34-17-20-13-26(39-2)29(41-4)27(14-20)40-3/h13-15,19,22-25,35,37-38H,5-12,16-18H2,1-4H3/t22-,23+,24-,25+,30+,31-,32+,33+/m0/s1. The summed E-state index contributed by atoms with van der Waals surface area (Å²) in [5, 5.41) is 35.5. The minimum absolute atomic E-state index is 0.0111. The maximum atomic E-state index is 12.6. The first kappa shape index (κ1) is 29.5. The number of ether oxygens (including phenoxy) is 4. The zero-order valence-electron chi connectivity index (χ0n) is 25.2. The number of methoxy groups -OCH3 is 3. The Morgan fingerprint density at radius 3 is 2.33 bits per heavy atom. The minimum Gasteiger partial charge on any atom is -0.493 e. The molecule has 5 aliphatic rings. The maximum Gasteiger partial charge on any atom is 0.331 e. The molecule has 1 aromatic carbocycles. The van der Waals surface area contributed by atoms with E-state index in [0.29, 0.717) is 68.9 Å². The second-order valence-corrected chi connectivity index (χ2v) is 13.5. The number of rotatable bonds is 7. The molecule has 0 amide bonds. The molecule has 4 saturated carbocycles. The van der Waals surface area contributed by atoms with Gasteiger partial charge in [-0.15, -0.1) is 0 Å². The third kappa shape index (κ3) is 4.21. The minimum atomic E-state index is -1.10. The number of nitrogens with zero attached hydrogens (tertiary/aromatic N) is 1. The average molecular weight is 584 g/mol. The largest absolute Gasteiger partial charge is 0.493 e. The normalized spacial score (nSPS) is 41.0. The van der Waals surface area contributed by atoms with Gasteiger partial charge in [-0.2, -0.15) is 0 Å². The first-order valence-corrected chi connectivity index (χ1v) is 15.3. The number of benzene rings is 1. The van der Waals surface area contributed by atoms with Crippen LogP contribution < -0.4 is 14.2 Å². The molecular formula is C33H45NO8. The highest BCUT2D eigenvalue weighted by Crippen LogP contribution is 2.70. The molecule has 6 rings (SSSR count). The number of hydrogen-bond acceptors (Lipinski definition) is 9. The van der Waals surface area contributed by atoms with Crippen molar-refractivity contribution in [2.24, 2.45) is 33.6 Å². The highest BCUT2D eigenvalue weighted by molar-refractivity contribution is 5.85. The monoisotopic (exact) mass is 583 g/mol. The molecule has 0 radical (unpaired) electrons. The molecule has 3 N–H and O–H groups in total. The Kier molecular flexibility index (Phi) is 7.38. The lowest BCUT2D eigenvalue weighted by molar-refractivity contribution is -0.237. The molecule has 0 saturated heterocycles. The summed E-state index contributed by atoms with van der Waals surface area (Å²) in [6, 6.07) is 3.77. The topological polar surface area (TPSA) is 127 Å². The van der Waals surface area contributed by atoms with Crippen molar-refractivity contribution in [2.75, 3.05) is 27.9 Å². The van der Waals surface area contributed by atoms with E-state index >= 15 is 0 Å². The average Bonchev–Trinajstić information content (AvgIpc) is 3.51. The van der Waals surface area contributed by atoms with Gasteiger partial charge in [0.1, 0.15) is 6.61 Å². The summed E-state index contributed by atoms with van der Waals surface area (Å²) in [6.07, 6.45) is 8.92. The molecule has 9 nitrogen and oxygen atoms in total. The number of carbonyl (C=O) groups is 1. The smallest absolute Gasteiger partial charge is 0.331 e. The number of esters is 1. The zero-order chi connectivity index (χ0) is 29.9. The fourth-order valence-corrected chi connectivity index (χ4v) is 9.90. The first-order valence-electron chi connectivity index (χ1n) is 15.3. The van der Waals surface area contributed by atoms with Crippen LogP contribution in [0.5, 0.6) is 17.2 Å². The summed E-state index contributed by atoms with van der Waals surface area (Å²) in [5.41, 5.74) is -1.14. The van der Waals surface area contributed by atoms with Crippen molar-refractivity contribution in [3.05, 3.63) is 29.3 Å². The Morgan fingerprint density at radius 1 is 0.976 bits per heavy atom. The summed E-state index contributed by atoms with van der Waals surface area (Å²) in [7, 11) is 4.74. The van der Waals surface area contributed by atoms with Crippen molar-refractivity contribution in [3.63, 3.8) is 0 Å². The van der Waals surface area contributed by atoms with Crippen molar-refractivity contribution in [2.45, 2.75) is 88.6 Å². The molecule has 4 fully saturated rings. The van der Waals surface area contributed by atoms with Gasteiger partial charge >= 0.3 is 5.97 Å². The molecule has 1 aromatic rings. The van der Waals surface area contributed by atoms with Crippen LogP contribution in [0.3, 0.4) is 0 Å². The molecule has 0 spiro atoms. The fraction of sp³-hybridized carbons (Fsp3) is 0.697. The van der Waals surface area contributed by atoms with Crippen LogP contribution in [-0.2, 0) is 16.1 Å². The van der Waals surface area contributed by atoms with Gasteiger partial charge in [0.05, 0.1) is 45.2 Å². The highest BCUT2D eigenvalue weighted by atomic mass is 16.5. The highest BCUT2D eigenvalue weighted by Gasteiger charge is 2.71. The van der Waals surface area contributed by atoms with Crippen molar-refractivity contribution < 1.29 is 39.1 Å². The number of fused-ring (bicyclic) bond motifs is 5. The third-order valence-electron chi connectivity index (χ3n) is 12.0. The Bertz CT molecular complexity index is 1270. The van der Waals surface area contributed by atoms with Crippen molar-refractivity contribution in [3.8, 4) is 17.2 Å². The zero-order valence-corrected chi connectivity index (χ0v) is 25.2. The van der Waals surface area contributed by atoms with Crippen LogP contribution in [0.15, 0.2) is 28.8 Å². The Labute approximate surface area is 247 Å². The number of carbonyl (C=O) groups excluding carboxylic acids is 1. The number of aliphatic hydroxyl groups is 3. The van der Waals surface area contributed by atoms with E-state index in [-0.39, 0.29) is 29.1 Å². The summed E-state index contributed by atoms with van der Waals surface area (Å²) in [4.78, 5) is 16.9. The molecule has 8 atom stereocenters. The van der Waals surface area contributed by atoms with Crippen LogP contribution in [0.4, 0.5) is 0 Å². The SMILES string of the molecule is COc1cc(CN=C[C@]23CC[C@H](O)C[C@]2(O)CC[C@@H]2[C@@H]3CC[C@]3(C)[C@@H](C4=CC(=O)OC4)CC[C@@]23O)cc(OC)c1OC. The molecule has 230 valence electrons. The van der Waals surface area contributed by atoms with E-state index in [4.69, 9.17) is 23.9 Å². The molecule has 0 bridgehead atoms. The predicted octanol–water partition coefficient (Wildman–Crippen LogP) is 4.00. The van der Waals surface area contributed by atoms with Crippen molar-refractivity contribution >= 4 is 12.2 Å². The van der Waals surface area contributed by atoms with Gasteiger partial charge in [0.15, 0.2) is 11.5 Å². The first-order chi connectivity index (χ1) is 20.0. The van der Waals surface area contributed by atoms with Gasteiger partial charge in [-0.1, -0.05) is 6.92 Å². The second kappa shape index (κ2) is 10.5. The van der Waals surface area contributed by atoms with Crippen molar-refractivity contribution in [1.29, 1.82) is 0 Å². The van der Waals surface area contributed by atoms with Gasteiger partial charge in [0.2, 0.25) is 5.75 Å². The summed E-state index contributed by atoms with van der Waals surface area (Å²) in [5.74, 6) is 1.48. The molecule has 9 heteroatoms. The third-order valence-corrected chi connectivity index (χ3v) is 12.0. The quantitative estimate of drug-likeness (QED) is 0.325. The van der Waals surface area contributed by atoms with Crippen LogP contribution in [0.1, 0.15) is 70.3 Å². The number of aliphatic hydroxyl groups excluding tert-OH is 1. The van der Waals surface area contributed by atoms with E-state index in [1.165, 1.54) is 0 Å². The second-order valence-electron chi connectivity index (χ2n) is 13.5. The van der Waals surface area contributed by atoms with E-state index in [1.54, 1.807) is 27.4 Å². The Hall–Kier alpha value is -2.62. The van der Waals surface area contributed by atoms with E-state index in [1.807, 2.05) is 18.3 Å². The lowest BCUT2D eigenvalue weighted by atomic mass is 9.41. The van der Waals surface area contributed by atoms with Crippen molar-refractivity contribution in [1.82, 2.24) is 0 Å². The van der Waals surface area contributed by atoms with Crippen LogP contribution in [-0.4, -0.2) is 72.7 Å². The molecular weight excluding hydrogens is 538 g/mol. The fourth-order valence-electron chi connectivity index (χ4n) is 9.90. The van der Waals surface area contributed by atoms with E-state index < -0.39 is 22.7 Å². The van der Waals surface area contributed by atoms with Crippen LogP contribution in [0.2, 0.25) is 0 Å². The van der Waals surface area contributed by atoms with Gasteiger partial charge < -0.3 is 34.3 Å². The molecule has 1 aliphatic heterocycles. The van der Waals surface area contributed by atoms with Crippen LogP contribution in [0, 0.1) is 28.6 Å². The number of aliphatic imine (C=N–C) groups is 1. The Morgan fingerprint density at radius 2 is 1.69 bits per heavy atom. The number of cyclic esters (lactones) is 1. The Balaban J connectivity index is 1.34. The molecule has 0 aromatic heterocycles. The van der Waals surface area contributed by atoms with Gasteiger partial charge in [-0.3, -0.25) is 4.99 Å². The van der Waals surface area contributed by atoms with E-state index in [2.05, 4.69) is 6.92 Å². The summed E-state index contributed by atoms with van der Waals surface area (Å²) < 4.78 is 21.8.